The number of benzene rings is 2. The molecule has 0 bridgehead atoms. The molecule has 19 heavy (non-hydrogen) atoms. The number of anilines is 1. The lowest BCUT2D eigenvalue weighted by atomic mass is 10.2. The highest BCUT2D eigenvalue weighted by atomic mass is 32.2. The second-order valence-electron chi connectivity index (χ2n) is 4.13. The monoisotopic (exact) mass is 277 g/mol. The number of nitrogens with one attached hydrogen (secondary N) is 1. The van der Waals surface area contributed by atoms with Crippen molar-refractivity contribution in [2.24, 2.45) is 0 Å². The summed E-state index contributed by atoms with van der Waals surface area (Å²) >= 11 is 0. The zero-order valence-corrected chi connectivity index (χ0v) is 11.6. The van der Waals surface area contributed by atoms with Crippen LogP contribution in [0.5, 0.6) is 5.75 Å². The van der Waals surface area contributed by atoms with E-state index in [0.717, 1.165) is 5.56 Å². The summed E-state index contributed by atoms with van der Waals surface area (Å²) in [5.74, 6) is 0.306. The van der Waals surface area contributed by atoms with Crippen molar-refractivity contribution in [3.8, 4) is 5.75 Å². The maximum absolute atomic E-state index is 12.1. The number of hydrogen-bond donors (Lipinski definition) is 1. The summed E-state index contributed by atoms with van der Waals surface area (Å²) in [7, 11) is -2.07. The zero-order valence-electron chi connectivity index (χ0n) is 10.8. The Kier molecular flexibility index (Phi) is 3.76. The standard InChI is InChI=1S/C14H15NO3S/c1-11-6-8-13(9-7-11)18-19(16,17)14-5-3-4-12(10-14)15-2/h3-10,15H,1-2H3. The SMILES string of the molecule is CNc1cccc(S(=O)(=O)Oc2ccc(C)cc2)c1. The third-order valence-electron chi connectivity index (χ3n) is 2.64. The third-order valence-corrected chi connectivity index (χ3v) is 3.88. The first-order valence-corrected chi connectivity index (χ1v) is 7.21. The molecule has 0 saturated heterocycles. The molecule has 0 spiro atoms. The van der Waals surface area contributed by atoms with E-state index in [1.165, 1.54) is 12.1 Å². The number of aryl methyl sites for hydroxylation is 1. The third kappa shape index (κ3) is 3.26. The summed E-state index contributed by atoms with van der Waals surface area (Å²) in [5.41, 5.74) is 1.76. The van der Waals surface area contributed by atoms with Crippen molar-refractivity contribution in [1.82, 2.24) is 0 Å². The Morgan fingerprint density at radius 3 is 2.37 bits per heavy atom. The van der Waals surface area contributed by atoms with Crippen LogP contribution in [-0.2, 0) is 10.1 Å². The summed E-state index contributed by atoms with van der Waals surface area (Å²) in [4.78, 5) is 0.125. The van der Waals surface area contributed by atoms with Crippen LogP contribution in [0.2, 0.25) is 0 Å². The highest BCUT2D eigenvalue weighted by Gasteiger charge is 2.16. The van der Waals surface area contributed by atoms with Crippen LogP contribution in [0, 0.1) is 6.92 Å². The average molecular weight is 277 g/mol. The normalized spacial score (nSPS) is 11.1. The van der Waals surface area contributed by atoms with E-state index in [-0.39, 0.29) is 4.90 Å². The molecule has 100 valence electrons. The molecular weight excluding hydrogens is 262 g/mol. The van der Waals surface area contributed by atoms with Crippen molar-refractivity contribution in [1.29, 1.82) is 0 Å². The molecule has 2 rings (SSSR count). The van der Waals surface area contributed by atoms with E-state index in [1.807, 2.05) is 6.92 Å². The Morgan fingerprint density at radius 1 is 1.05 bits per heavy atom. The predicted octanol–water partition coefficient (Wildman–Crippen LogP) is 2.80. The van der Waals surface area contributed by atoms with E-state index < -0.39 is 10.1 Å². The highest BCUT2D eigenvalue weighted by molar-refractivity contribution is 7.87. The van der Waals surface area contributed by atoms with E-state index in [0.29, 0.717) is 11.4 Å². The molecule has 0 radical (unpaired) electrons. The summed E-state index contributed by atoms with van der Waals surface area (Å²) < 4.78 is 29.3. The van der Waals surface area contributed by atoms with Gasteiger partial charge in [0.05, 0.1) is 0 Å². The van der Waals surface area contributed by atoms with E-state index in [1.54, 1.807) is 43.4 Å². The first kappa shape index (κ1) is 13.4. The van der Waals surface area contributed by atoms with Crippen LogP contribution in [0.4, 0.5) is 5.69 Å². The topological polar surface area (TPSA) is 55.4 Å². The molecule has 0 aliphatic carbocycles. The molecule has 0 unspecified atom stereocenters. The van der Waals surface area contributed by atoms with Crippen molar-refractivity contribution in [3.63, 3.8) is 0 Å². The minimum atomic E-state index is -3.80. The van der Waals surface area contributed by atoms with Crippen molar-refractivity contribution >= 4 is 15.8 Å². The number of rotatable bonds is 4. The largest absolute Gasteiger partial charge is 0.388 e. The van der Waals surface area contributed by atoms with Gasteiger partial charge in [0.25, 0.3) is 0 Å². The van der Waals surface area contributed by atoms with Crippen LogP contribution >= 0.6 is 0 Å². The average Bonchev–Trinajstić information content (AvgIpc) is 2.41. The molecule has 0 fully saturated rings. The van der Waals surface area contributed by atoms with Gasteiger partial charge in [0, 0.05) is 12.7 Å². The Morgan fingerprint density at radius 2 is 1.74 bits per heavy atom. The van der Waals surface area contributed by atoms with Crippen molar-refractivity contribution < 1.29 is 12.6 Å². The van der Waals surface area contributed by atoms with Crippen LogP contribution < -0.4 is 9.50 Å². The lowest BCUT2D eigenvalue weighted by Gasteiger charge is -2.08. The summed E-state index contributed by atoms with van der Waals surface area (Å²) in [6.07, 6.45) is 0. The molecule has 2 aromatic carbocycles. The summed E-state index contributed by atoms with van der Waals surface area (Å²) in [6.45, 7) is 1.93. The first-order chi connectivity index (χ1) is 9.01. The molecule has 0 aromatic heterocycles. The van der Waals surface area contributed by atoms with Gasteiger partial charge in [-0.2, -0.15) is 8.42 Å². The maximum Gasteiger partial charge on any atom is 0.339 e. The smallest absolute Gasteiger partial charge is 0.339 e. The van der Waals surface area contributed by atoms with Gasteiger partial charge in [0.2, 0.25) is 0 Å². The molecule has 2 aromatic rings. The van der Waals surface area contributed by atoms with Crippen LogP contribution in [0.15, 0.2) is 53.4 Å². The van der Waals surface area contributed by atoms with Gasteiger partial charge >= 0.3 is 10.1 Å². The lowest BCUT2D eigenvalue weighted by molar-refractivity contribution is 0.486. The van der Waals surface area contributed by atoms with Crippen LogP contribution in [-0.4, -0.2) is 15.5 Å². The Balaban J connectivity index is 2.29. The summed E-state index contributed by atoms with van der Waals surface area (Å²) in [6, 6.07) is 13.4. The Hall–Kier alpha value is -2.01. The van der Waals surface area contributed by atoms with E-state index in [4.69, 9.17) is 4.18 Å². The van der Waals surface area contributed by atoms with Crippen LogP contribution in [0.25, 0.3) is 0 Å². The van der Waals surface area contributed by atoms with Gasteiger partial charge in [0.15, 0.2) is 0 Å². The molecule has 0 atom stereocenters. The molecule has 0 saturated carbocycles. The Labute approximate surface area is 113 Å². The van der Waals surface area contributed by atoms with E-state index in [2.05, 4.69) is 5.32 Å². The molecule has 0 amide bonds. The van der Waals surface area contributed by atoms with Gasteiger partial charge in [-0.3, -0.25) is 0 Å². The fourth-order valence-electron chi connectivity index (χ4n) is 1.58. The number of hydrogen-bond acceptors (Lipinski definition) is 4. The quantitative estimate of drug-likeness (QED) is 0.873. The van der Waals surface area contributed by atoms with Crippen LogP contribution in [0.1, 0.15) is 5.56 Å². The molecule has 0 aliphatic heterocycles. The highest BCUT2D eigenvalue weighted by Crippen LogP contribution is 2.21. The van der Waals surface area contributed by atoms with Crippen molar-refractivity contribution in [2.75, 3.05) is 12.4 Å². The fraction of sp³-hybridized carbons (Fsp3) is 0.143. The Bertz CT molecular complexity index is 663. The predicted molar refractivity (Wildman–Crippen MR) is 75.0 cm³/mol. The molecule has 1 N–H and O–H groups in total. The zero-order chi connectivity index (χ0) is 13.9. The maximum atomic E-state index is 12.1. The molecule has 5 heteroatoms. The lowest BCUT2D eigenvalue weighted by Crippen LogP contribution is -2.10. The van der Waals surface area contributed by atoms with Gasteiger partial charge < -0.3 is 9.50 Å². The minimum absolute atomic E-state index is 0.125. The second kappa shape index (κ2) is 5.32. The fourth-order valence-corrected chi connectivity index (χ4v) is 2.55. The van der Waals surface area contributed by atoms with Gasteiger partial charge in [0.1, 0.15) is 10.6 Å². The van der Waals surface area contributed by atoms with Crippen molar-refractivity contribution in [2.45, 2.75) is 11.8 Å². The molecule has 0 heterocycles. The van der Waals surface area contributed by atoms with Crippen molar-refractivity contribution in [3.05, 3.63) is 54.1 Å². The van der Waals surface area contributed by atoms with Gasteiger partial charge in [-0.1, -0.05) is 23.8 Å². The van der Waals surface area contributed by atoms with Gasteiger partial charge in [-0.15, -0.1) is 0 Å². The van der Waals surface area contributed by atoms with Gasteiger partial charge in [-0.25, -0.2) is 0 Å². The summed E-state index contributed by atoms with van der Waals surface area (Å²) in [5, 5.41) is 2.89. The molecule has 0 aliphatic rings. The van der Waals surface area contributed by atoms with Crippen LogP contribution in [0.3, 0.4) is 0 Å². The molecular formula is C14H15NO3S. The second-order valence-corrected chi connectivity index (χ2v) is 5.67. The van der Waals surface area contributed by atoms with E-state index in [9.17, 15) is 8.42 Å². The van der Waals surface area contributed by atoms with E-state index >= 15 is 0 Å². The van der Waals surface area contributed by atoms with Gasteiger partial charge in [-0.05, 0) is 37.3 Å². The minimum Gasteiger partial charge on any atom is -0.388 e. The molecule has 4 nitrogen and oxygen atoms in total. The first-order valence-electron chi connectivity index (χ1n) is 5.80.